The van der Waals surface area contributed by atoms with Gasteiger partial charge in [0.2, 0.25) is 0 Å². The van der Waals surface area contributed by atoms with E-state index in [2.05, 4.69) is 6.92 Å². The van der Waals surface area contributed by atoms with Crippen LogP contribution in [0, 0.1) is 5.92 Å². The number of hydrogen-bond donors (Lipinski definition) is 0. The number of methoxy groups -OCH3 is 2. The summed E-state index contributed by atoms with van der Waals surface area (Å²) in [5.74, 6) is -1.70. The van der Waals surface area contributed by atoms with Crippen LogP contribution < -0.4 is 0 Å². The van der Waals surface area contributed by atoms with Crippen LogP contribution in [0.1, 0.15) is 60.3 Å². The van der Waals surface area contributed by atoms with Crippen molar-refractivity contribution in [1.29, 1.82) is 0 Å². The summed E-state index contributed by atoms with van der Waals surface area (Å²) in [7, 11) is 3.20. The molecule has 0 bridgehead atoms. The van der Waals surface area contributed by atoms with Gasteiger partial charge in [-0.1, -0.05) is 13.3 Å². The largest absolute Gasteiger partial charge is 0.462 e. The molecular formula is C21H39NO7. The lowest BCUT2D eigenvalue weighted by atomic mass is 9.83. The fourth-order valence-electron chi connectivity index (χ4n) is 3.60. The van der Waals surface area contributed by atoms with E-state index in [0.717, 1.165) is 12.8 Å². The molecule has 1 aliphatic heterocycles. The van der Waals surface area contributed by atoms with Crippen molar-refractivity contribution < 1.29 is 33.3 Å². The number of nitrogens with zero attached hydrogens (tertiary/aromatic N) is 1. The second kappa shape index (κ2) is 11.7. The molecular weight excluding hydrogens is 378 g/mol. The van der Waals surface area contributed by atoms with E-state index < -0.39 is 17.5 Å². The molecule has 8 heteroatoms. The lowest BCUT2D eigenvalue weighted by molar-refractivity contribution is -0.283. The van der Waals surface area contributed by atoms with Crippen molar-refractivity contribution in [3.63, 3.8) is 0 Å². The highest BCUT2D eigenvalue weighted by molar-refractivity contribution is 5.68. The zero-order chi connectivity index (χ0) is 22.1. The molecule has 0 aromatic carbocycles. The van der Waals surface area contributed by atoms with E-state index in [9.17, 15) is 9.59 Å². The molecule has 0 aliphatic carbocycles. The number of piperidine rings is 1. The molecule has 0 radical (unpaired) electrons. The van der Waals surface area contributed by atoms with Gasteiger partial charge in [0.1, 0.15) is 11.7 Å². The average molecular weight is 418 g/mol. The Bertz CT molecular complexity index is 520. The maximum Gasteiger partial charge on any atom is 0.410 e. The zero-order valence-electron chi connectivity index (χ0n) is 19.1. The maximum atomic E-state index is 12.7. The van der Waals surface area contributed by atoms with Gasteiger partial charge >= 0.3 is 12.1 Å². The van der Waals surface area contributed by atoms with Gasteiger partial charge in [0.15, 0.2) is 5.79 Å². The normalized spacial score (nSPS) is 22.1. The Labute approximate surface area is 175 Å². The third kappa shape index (κ3) is 8.10. The standard InChI is InChI=1S/C21H39NO7/c1-8-9-11-21(26-7,27-14-13-25-6)17-15-22(19(24)29-20(3,4)5)12-10-18(17)28-16(2)23/h17-18H,8-15H2,1-7H3. The summed E-state index contributed by atoms with van der Waals surface area (Å²) in [6, 6.07) is 0. The van der Waals surface area contributed by atoms with Gasteiger partial charge in [0, 0.05) is 47.1 Å². The monoisotopic (exact) mass is 417 g/mol. The van der Waals surface area contributed by atoms with Crippen LogP contribution in [-0.4, -0.2) is 75.0 Å². The predicted molar refractivity (Wildman–Crippen MR) is 109 cm³/mol. The summed E-state index contributed by atoms with van der Waals surface area (Å²) < 4.78 is 28.4. The third-order valence-electron chi connectivity index (χ3n) is 4.94. The Morgan fingerprint density at radius 1 is 1.14 bits per heavy atom. The smallest absolute Gasteiger partial charge is 0.410 e. The lowest BCUT2D eigenvalue weighted by Gasteiger charge is -2.47. The topological polar surface area (TPSA) is 83.5 Å². The fourth-order valence-corrected chi connectivity index (χ4v) is 3.60. The van der Waals surface area contributed by atoms with Crippen molar-refractivity contribution in [3.05, 3.63) is 0 Å². The summed E-state index contributed by atoms with van der Waals surface area (Å²) >= 11 is 0. The van der Waals surface area contributed by atoms with E-state index >= 15 is 0 Å². The second-order valence-corrected chi connectivity index (χ2v) is 8.43. The van der Waals surface area contributed by atoms with Crippen LogP contribution >= 0.6 is 0 Å². The molecule has 0 aromatic rings. The van der Waals surface area contributed by atoms with Gasteiger partial charge in [-0.05, 0) is 27.2 Å². The van der Waals surface area contributed by atoms with Crippen LogP contribution in [0.5, 0.6) is 0 Å². The summed E-state index contributed by atoms with van der Waals surface area (Å²) in [5.41, 5.74) is -0.588. The number of likely N-dealkylation sites (tertiary alicyclic amines) is 1. The molecule has 1 fully saturated rings. The van der Waals surface area contributed by atoms with Gasteiger partial charge in [-0.3, -0.25) is 4.79 Å². The maximum absolute atomic E-state index is 12.7. The van der Waals surface area contributed by atoms with Crippen LogP contribution in [0.3, 0.4) is 0 Å². The van der Waals surface area contributed by atoms with Crippen LogP contribution in [0.25, 0.3) is 0 Å². The number of unbranched alkanes of at least 4 members (excludes halogenated alkanes) is 1. The summed E-state index contributed by atoms with van der Waals surface area (Å²) in [5, 5.41) is 0. The van der Waals surface area contributed by atoms with Crippen molar-refractivity contribution >= 4 is 12.1 Å². The minimum absolute atomic E-state index is 0.317. The van der Waals surface area contributed by atoms with Gasteiger partial charge in [-0.25, -0.2) is 4.79 Å². The summed E-state index contributed by atoms with van der Waals surface area (Å²) in [4.78, 5) is 26.0. The molecule has 0 N–H and O–H groups in total. The van der Waals surface area contributed by atoms with Gasteiger partial charge in [0.25, 0.3) is 0 Å². The first kappa shape index (κ1) is 25.7. The van der Waals surface area contributed by atoms with Gasteiger partial charge in [-0.2, -0.15) is 0 Å². The Kier molecular flexibility index (Phi) is 10.4. The fraction of sp³-hybridized carbons (Fsp3) is 0.905. The number of hydrogen-bond acceptors (Lipinski definition) is 7. The minimum atomic E-state index is -0.991. The third-order valence-corrected chi connectivity index (χ3v) is 4.94. The number of carbonyl (C=O) groups excluding carboxylic acids is 2. The molecule has 3 atom stereocenters. The molecule has 0 aromatic heterocycles. The number of amides is 1. The first-order valence-corrected chi connectivity index (χ1v) is 10.4. The van der Waals surface area contributed by atoms with Crippen LogP contribution in [0.4, 0.5) is 4.79 Å². The van der Waals surface area contributed by atoms with Crippen LogP contribution in [0.2, 0.25) is 0 Å². The molecule has 0 saturated carbocycles. The Hall–Kier alpha value is -1.38. The summed E-state index contributed by atoms with van der Waals surface area (Å²) in [6.45, 7) is 10.5. The van der Waals surface area contributed by atoms with Gasteiger partial charge in [-0.15, -0.1) is 0 Å². The molecule has 170 valence electrons. The molecule has 29 heavy (non-hydrogen) atoms. The van der Waals surface area contributed by atoms with E-state index in [1.807, 2.05) is 20.8 Å². The second-order valence-electron chi connectivity index (χ2n) is 8.43. The molecule has 1 rings (SSSR count). The first-order valence-electron chi connectivity index (χ1n) is 10.4. The first-order chi connectivity index (χ1) is 13.6. The average Bonchev–Trinajstić information content (AvgIpc) is 2.63. The van der Waals surface area contributed by atoms with Crippen molar-refractivity contribution in [1.82, 2.24) is 4.90 Å². The number of esters is 1. The van der Waals surface area contributed by atoms with E-state index in [-0.39, 0.29) is 18.0 Å². The molecule has 8 nitrogen and oxygen atoms in total. The SMILES string of the molecule is CCCCC(OC)(OCCOC)C1CN(C(=O)OC(C)(C)C)CCC1OC(C)=O. The van der Waals surface area contributed by atoms with Crippen molar-refractivity contribution in [3.8, 4) is 0 Å². The van der Waals surface area contributed by atoms with Crippen LogP contribution in [-0.2, 0) is 28.5 Å². The quantitative estimate of drug-likeness (QED) is 0.306. The minimum Gasteiger partial charge on any atom is -0.462 e. The number of carbonyl (C=O) groups is 2. The molecule has 1 heterocycles. The van der Waals surface area contributed by atoms with Crippen molar-refractivity contribution in [2.45, 2.75) is 77.8 Å². The Morgan fingerprint density at radius 3 is 2.34 bits per heavy atom. The highest BCUT2D eigenvalue weighted by Gasteiger charge is 2.49. The molecule has 1 aliphatic rings. The predicted octanol–water partition coefficient (Wildman–Crippen LogP) is 3.37. The van der Waals surface area contributed by atoms with E-state index in [4.69, 9.17) is 23.7 Å². The molecule has 1 saturated heterocycles. The molecule has 1 amide bonds. The highest BCUT2D eigenvalue weighted by Crippen LogP contribution is 2.37. The van der Waals surface area contributed by atoms with Crippen molar-refractivity contribution in [2.75, 3.05) is 40.5 Å². The van der Waals surface area contributed by atoms with E-state index in [1.165, 1.54) is 6.92 Å². The summed E-state index contributed by atoms with van der Waals surface area (Å²) in [6.07, 6.45) is 2.14. The number of ether oxygens (including phenoxy) is 5. The Morgan fingerprint density at radius 2 is 1.83 bits per heavy atom. The van der Waals surface area contributed by atoms with E-state index in [0.29, 0.717) is 39.1 Å². The van der Waals surface area contributed by atoms with Crippen molar-refractivity contribution in [2.24, 2.45) is 5.92 Å². The Balaban J connectivity index is 3.15. The number of rotatable bonds is 10. The zero-order valence-corrected chi connectivity index (χ0v) is 19.1. The van der Waals surface area contributed by atoms with Gasteiger partial charge < -0.3 is 28.6 Å². The highest BCUT2D eigenvalue weighted by atomic mass is 16.7. The van der Waals surface area contributed by atoms with E-state index in [1.54, 1.807) is 19.1 Å². The van der Waals surface area contributed by atoms with Crippen LogP contribution in [0.15, 0.2) is 0 Å². The van der Waals surface area contributed by atoms with Gasteiger partial charge in [0.05, 0.1) is 19.1 Å². The lowest BCUT2D eigenvalue weighted by Crippen LogP contribution is -2.58. The molecule has 3 unspecified atom stereocenters. The molecule has 0 spiro atoms.